The van der Waals surface area contributed by atoms with Crippen LogP contribution in [0.15, 0.2) is 18.7 Å². The fourth-order valence-electron chi connectivity index (χ4n) is 1.56. The third-order valence-corrected chi connectivity index (χ3v) is 2.47. The Hall–Kier alpha value is -2.02. The van der Waals surface area contributed by atoms with Gasteiger partial charge in [0.15, 0.2) is 11.6 Å². The summed E-state index contributed by atoms with van der Waals surface area (Å²) in [5, 5.41) is 4.11. The van der Waals surface area contributed by atoms with Crippen molar-refractivity contribution in [3.63, 3.8) is 0 Å². The molecule has 0 spiro atoms. The summed E-state index contributed by atoms with van der Waals surface area (Å²) < 4.78 is 20.7. The molecule has 96 valence electrons. The number of nitrogens with zero attached hydrogens (tertiary/aromatic N) is 4. The summed E-state index contributed by atoms with van der Waals surface area (Å²) in [5.74, 6) is -0.813. The van der Waals surface area contributed by atoms with E-state index in [0.29, 0.717) is 12.2 Å². The normalized spacial score (nSPS) is 12.6. The number of nitrogens with two attached hydrogens (primary N) is 1. The van der Waals surface area contributed by atoms with E-state index in [0.717, 1.165) is 0 Å². The highest BCUT2D eigenvalue weighted by Gasteiger charge is 2.14. The van der Waals surface area contributed by atoms with Crippen LogP contribution in [0.2, 0.25) is 0 Å². The van der Waals surface area contributed by atoms with Crippen molar-refractivity contribution in [2.24, 2.45) is 0 Å². The lowest BCUT2D eigenvalue weighted by Gasteiger charge is -2.11. The fraction of sp³-hybridized carbons (Fsp3) is 0.364. The molecule has 2 heterocycles. The second-order valence-electron chi connectivity index (χ2n) is 3.69. The van der Waals surface area contributed by atoms with Crippen molar-refractivity contribution in [2.45, 2.75) is 20.1 Å². The highest BCUT2D eigenvalue weighted by atomic mass is 19.1. The Bertz CT molecular complexity index is 542. The smallest absolute Gasteiger partial charge is 0.191 e. The van der Waals surface area contributed by atoms with E-state index in [1.807, 2.05) is 13.8 Å². The van der Waals surface area contributed by atoms with Gasteiger partial charge in [0.05, 0.1) is 6.20 Å². The van der Waals surface area contributed by atoms with Crippen LogP contribution in [0, 0.1) is 5.82 Å². The first kappa shape index (κ1) is 12.4. The van der Waals surface area contributed by atoms with Gasteiger partial charge in [0.2, 0.25) is 0 Å². The molecule has 2 N–H and O–H groups in total. The zero-order valence-electron chi connectivity index (χ0n) is 10.2. The summed E-state index contributed by atoms with van der Waals surface area (Å²) in [4.78, 5) is 7.44. The molecular formula is C11H14FN5O. The maximum absolute atomic E-state index is 13.7. The van der Waals surface area contributed by atoms with Crippen LogP contribution < -0.4 is 5.73 Å². The van der Waals surface area contributed by atoms with Gasteiger partial charge in [-0.3, -0.25) is 0 Å². The van der Waals surface area contributed by atoms with Gasteiger partial charge in [0.1, 0.15) is 18.2 Å². The first-order valence-electron chi connectivity index (χ1n) is 5.55. The highest BCUT2D eigenvalue weighted by Crippen LogP contribution is 2.22. The lowest BCUT2D eigenvalue weighted by atomic mass is 10.2. The minimum atomic E-state index is -0.638. The van der Waals surface area contributed by atoms with Gasteiger partial charge in [-0.25, -0.2) is 19.0 Å². The van der Waals surface area contributed by atoms with Gasteiger partial charge in [-0.15, -0.1) is 0 Å². The van der Waals surface area contributed by atoms with Crippen LogP contribution in [-0.4, -0.2) is 26.4 Å². The van der Waals surface area contributed by atoms with Gasteiger partial charge in [0.25, 0.3) is 0 Å². The quantitative estimate of drug-likeness (QED) is 0.893. The molecule has 0 aliphatic carbocycles. The summed E-state index contributed by atoms with van der Waals surface area (Å²) in [6.45, 7) is 4.32. The van der Waals surface area contributed by atoms with E-state index in [2.05, 4.69) is 15.1 Å². The predicted octanol–water partition coefficient (Wildman–Crippen LogP) is 1.62. The first-order chi connectivity index (χ1) is 8.63. The summed E-state index contributed by atoms with van der Waals surface area (Å²) in [5.41, 5.74) is 6.07. The summed E-state index contributed by atoms with van der Waals surface area (Å²) in [6.07, 6.45) is 4.17. The van der Waals surface area contributed by atoms with E-state index in [1.54, 1.807) is 10.9 Å². The van der Waals surface area contributed by atoms with Crippen LogP contribution >= 0.6 is 0 Å². The Morgan fingerprint density at radius 3 is 3.00 bits per heavy atom. The molecule has 7 heteroatoms. The minimum Gasteiger partial charge on any atom is -0.381 e. The summed E-state index contributed by atoms with van der Waals surface area (Å²) in [6, 6.07) is 0. The third kappa shape index (κ3) is 2.30. The second-order valence-corrected chi connectivity index (χ2v) is 3.69. The van der Waals surface area contributed by atoms with Crippen LogP contribution in [-0.2, 0) is 4.74 Å². The summed E-state index contributed by atoms with van der Waals surface area (Å²) in [7, 11) is 0. The van der Waals surface area contributed by atoms with Gasteiger partial charge in [-0.05, 0) is 13.8 Å². The van der Waals surface area contributed by atoms with Gasteiger partial charge >= 0.3 is 0 Å². The van der Waals surface area contributed by atoms with Crippen LogP contribution in [0.1, 0.15) is 20.1 Å². The monoisotopic (exact) mass is 251 g/mol. The fourth-order valence-corrected chi connectivity index (χ4v) is 1.56. The number of halogens is 1. The molecule has 0 fully saturated rings. The number of nitrogen functional groups attached to an aromatic ring is 1. The average molecular weight is 251 g/mol. The molecular weight excluding hydrogens is 237 g/mol. The van der Waals surface area contributed by atoms with E-state index >= 15 is 0 Å². The van der Waals surface area contributed by atoms with Crippen molar-refractivity contribution in [2.75, 3.05) is 12.3 Å². The number of ether oxygens (including phenoxy) is 1. The van der Waals surface area contributed by atoms with Crippen LogP contribution in [0.3, 0.4) is 0 Å². The molecule has 1 atom stereocenters. The molecule has 0 aromatic carbocycles. The molecule has 1 unspecified atom stereocenters. The number of hydrogen-bond acceptors (Lipinski definition) is 5. The molecule has 0 aliphatic heterocycles. The zero-order valence-corrected chi connectivity index (χ0v) is 10.2. The Balaban J connectivity index is 2.32. The molecule has 0 radical (unpaired) electrons. The zero-order chi connectivity index (χ0) is 13.1. The lowest BCUT2D eigenvalue weighted by molar-refractivity contribution is 0.0160. The van der Waals surface area contributed by atoms with Crippen LogP contribution in [0.5, 0.6) is 0 Å². The van der Waals surface area contributed by atoms with Crippen molar-refractivity contribution in [1.82, 2.24) is 19.7 Å². The molecule has 2 aromatic heterocycles. The van der Waals surface area contributed by atoms with Gasteiger partial charge in [-0.2, -0.15) is 5.10 Å². The number of rotatable bonds is 4. The van der Waals surface area contributed by atoms with Gasteiger partial charge < -0.3 is 10.5 Å². The Kier molecular flexibility index (Phi) is 3.52. The number of hydrogen-bond donors (Lipinski definition) is 1. The van der Waals surface area contributed by atoms with E-state index in [1.165, 1.54) is 12.5 Å². The highest BCUT2D eigenvalue weighted by molar-refractivity contribution is 5.60. The third-order valence-electron chi connectivity index (χ3n) is 2.47. The first-order valence-corrected chi connectivity index (χ1v) is 5.55. The molecule has 0 saturated heterocycles. The maximum Gasteiger partial charge on any atom is 0.191 e. The van der Waals surface area contributed by atoms with Crippen molar-refractivity contribution in [1.29, 1.82) is 0 Å². The van der Waals surface area contributed by atoms with E-state index in [-0.39, 0.29) is 17.7 Å². The van der Waals surface area contributed by atoms with Crippen molar-refractivity contribution in [3.05, 3.63) is 24.5 Å². The van der Waals surface area contributed by atoms with E-state index in [9.17, 15) is 4.39 Å². The van der Waals surface area contributed by atoms with Crippen LogP contribution in [0.25, 0.3) is 11.3 Å². The standard InChI is InChI=1S/C11H14FN5O/c1-3-18-7(2)17-5-8(4-16-17)10-9(12)11(13)15-6-14-10/h4-7H,3H2,1-2H3,(H2,13,14,15). The molecule has 0 amide bonds. The Labute approximate surface area is 104 Å². The topological polar surface area (TPSA) is 78.8 Å². The predicted molar refractivity (Wildman–Crippen MR) is 64.0 cm³/mol. The molecule has 2 rings (SSSR count). The number of anilines is 1. The molecule has 6 nitrogen and oxygen atoms in total. The van der Waals surface area contributed by atoms with Crippen molar-refractivity contribution >= 4 is 5.82 Å². The van der Waals surface area contributed by atoms with E-state index in [4.69, 9.17) is 10.5 Å². The molecule has 0 aliphatic rings. The SMILES string of the molecule is CCOC(C)n1cc(-c2ncnc(N)c2F)cn1. The van der Waals surface area contributed by atoms with Crippen molar-refractivity contribution in [3.8, 4) is 11.3 Å². The van der Waals surface area contributed by atoms with Crippen molar-refractivity contribution < 1.29 is 9.13 Å². The molecule has 18 heavy (non-hydrogen) atoms. The second kappa shape index (κ2) is 5.09. The lowest BCUT2D eigenvalue weighted by Crippen LogP contribution is -2.09. The maximum atomic E-state index is 13.7. The Morgan fingerprint density at radius 1 is 1.50 bits per heavy atom. The molecule has 2 aromatic rings. The number of aromatic nitrogens is 4. The molecule has 0 saturated carbocycles. The Morgan fingerprint density at radius 2 is 2.28 bits per heavy atom. The van der Waals surface area contributed by atoms with Gasteiger partial charge in [0, 0.05) is 18.4 Å². The minimum absolute atomic E-state index is 0.137. The average Bonchev–Trinajstić information content (AvgIpc) is 2.82. The van der Waals surface area contributed by atoms with Gasteiger partial charge in [-0.1, -0.05) is 0 Å². The largest absolute Gasteiger partial charge is 0.381 e. The van der Waals surface area contributed by atoms with E-state index < -0.39 is 5.82 Å². The summed E-state index contributed by atoms with van der Waals surface area (Å²) >= 11 is 0. The van der Waals surface area contributed by atoms with Crippen LogP contribution in [0.4, 0.5) is 10.2 Å². The molecule has 0 bridgehead atoms.